The summed E-state index contributed by atoms with van der Waals surface area (Å²) in [5.74, 6) is 5.62. The minimum Gasteiger partial charge on any atom is -0.366 e. The fourth-order valence-electron chi connectivity index (χ4n) is 4.33. The molecule has 1 aliphatic carbocycles. The smallest absolute Gasteiger partial charge is 0.254 e. The summed E-state index contributed by atoms with van der Waals surface area (Å²) < 4.78 is 0. The molecule has 1 aromatic heterocycles. The normalized spacial score (nSPS) is 16.6. The molecular weight excluding hydrogens is 404 g/mol. The molecule has 2 heterocycles. The number of pyridine rings is 1. The first-order valence-electron chi connectivity index (χ1n) is 10.9. The fraction of sp³-hybridized carbons (Fsp3) is 0.360. The lowest BCUT2D eigenvalue weighted by Crippen LogP contribution is -2.49. The largest absolute Gasteiger partial charge is 0.366 e. The van der Waals surface area contributed by atoms with E-state index in [2.05, 4.69) is 22.1 Å². The summed E-state index contributed by atoms with van der Waals surface area (Å²) in [5, 5.41) is 3.14. The van der Waals surface area contributed by atoms with Crippen LogP contribution in [0.3, 0.4) is 0 Å². The molecule has 2 aromatic rings. The summed E-state index contributed by atoms with van der Waals surface area (Å²) in [6.45, 7) is 0.907. The number of fused-ring (bicyclic) bond motifs is 1. The molecule has 0 unspecified atom stereocenters. The lowest BCUT2D eigenvalue weighted by Gasteiger charge is -2.33. The third-order valence-corrected chi connectivity index (χ3v) is 6.06. The average molecular weight is 431 g/mol. The SMILES string of the molecule is NC(=O)c1cncc(C#CC2(NC(=O)CCN3Cc4ccccc4C3=O)CCCCC2)c1. The van der Waals surface area contributed by atoms with Gasteiger partial charge >= 0.3 is 0 Å². The van der Waals surface area contributed by atoms with Crippen LogP contribution in [0.1, 0.15) is 70.4 Å². The number of primary amides is 1. The molecule has 0 atom stereocenters. The van der Waals surface area contributed by atoms with Crippen molar-refractivity contribution >= 4 is 17.7 Å². The number of nitrogens with one attached hydrogen (secondary N) is 1. The van der Waals surface area contributed by atoms with Gasteiger partial charge in [-0.1, -0.05) is 49.3 Å². The van der Waals surface area contributed by atoms with Crippen molar-refractivity contribution in [2.75, 3.05) is 6.54 Å². The first-order chi connectivity index (χ1) is 15.5. The molecule has 3 amide bonds. The van der Waals surface area contributed by atoms with E-state index in [1.54, 1.807) is 17.2 Å². The van der Waals surface area contributed by atoms with Crippen LogP contribution in [0, 0.1) is 11.8 Å². The number of hydrogen-bond acceptors (Lipinski definition) is 4. The van der Waals surface area contributed by atoms with Crippen molar-refractivity contribution in [3.63, 3.8) is 0 Å². The molecule has 7 nitrogen and oxygen atoms in total. The molecule has 1 aromatic carbocycles. The molecular formula is C25H26N4O3. The molecule has 0 bridgehead atoms. The van der Waals surface area contributed by atoms with Crippen LogP contribution in [0.15, 0.2) is 42.7 Å². The second kappa shape index (κ2) is 9.23. The van der Waals surface area contributed by atoms with Crippen LogP contribution in [0.4, 0.5) is 0 Å². The van der Waals surface area contributed by atoms with E-state index in [1.807, 2.05) is 24.3 Å². The molecule has 0 spiro atoms. The van der Waals surface area contributed by atoms with E-state index in [9.17, 15) is 14.4 Å². The molecule has 3 N–H and O–H groups in total. The van der Waals surface area contributed by atoms with Gasteiger partial charge in [0.05, 0.1) is 5.56 Å². The summed E-state index contributed by atoms with van der Waals surface area (Å²) in [5.41, 5.74) is 7.31. The minimum atomic E-state index is -0.615. The van der Waals surface area contributed by atoms with Crippen molar-refractivity contribution in [2.45, 2.75) is 50.6 Å². The quantitative estimate of drug-likeness (QED) is 0.711. The highest BCUT2D eigenvalue weighted by molar-refractivity contribution is 5.98. The number of rotatable bonds is 5. The second-order valence-electron chi connectivity index (χ2n) is 8.40. The van der Waals surface area contributed by atoms with Crippen LogP contribution in [-0.4, -0.2) is 39.7 Å². The van der Waals surface area contributed by atoms with Gasteiger partial charge in [-0.15, -0.1) is 0 Å². The minimum absolute atomic E-state index is 0.0256. The summed E-state index contributed by atoms with van der Waals surface area (Å²) in [7, 11) is 0. The van der Waals surface area contributed by atoms with Crippen LogP contribution >= 0.6 is 0 Å². The number of aromatic nitrogens is 1. The van der Waals surface area contributed by atoms with E-state index in [4.69, 9.17) is 5.73 Å². The van der Waals surface area contributed by atoms with Crippen LogP contribution in [0.5, 0.6) is 0 Å². The predicted molar refractivity (Wildman–Crippen MR) is 119 cm³/mol. The Morgan fingerprint density at radius 2 is 1.94 bits per heavy atom. The van der Waals surface area contributed by atoms with Crippen molar-refractivity contribution in [1.29, 1.82) is 0 Å². The highest BCUT2D eigenvalue weighted by Crippen LogP contribution is 2.28. The lowest BCUT2D eigenvalue weighted by atomic mass is 9.82. The average Bonchev–Trinajstić information content (AvgIpc) is 3.13. The third-order valence-electron chi connectivity index (χ3n) is 6.06. The van der Waals surface area contributed by atoms with Crippen molar-refractivity contribution in [3.8, 4) is 11.8 Å². The van der Waals surface area contributed by atoms with E-state index in [-0.39, 0.29) is 18.2 Å². The van der Waals surface area contributed by atoms with Gasteiger partial charge in [-0.25, -0.2) is 0 Å². The van der Waals surface area contributed by atoms with Gasteiger partial charge in [0.1, 0.15) is 5.54 Å². The van der Waals surface area contributed by atoms with E-state index >= 15 is 0 Å². The lowest BCUT2D eigenvalue weighted by molar-refractivity contribution is -0.122. The first-order valence-corrected chi connectivity index (χ1v) is 10.9. The van der Waals surface area contributed by atoms with Crippen molar-refractivity contribution in [3.05, 3.63) is 65.0 Å². The number of nitrogens with zero attached hydrogens (tertiary/aromatic N) is 2. The van der Waals surface area contributed by atoms with Gasteiger partial charge in [-0.05, 0) is 30.5 Å². The van der Waals surface area contributed by atoms with Crippen LogP contribution in [0.2, 0.25) is 0 Å². The summed E-state index contributed by atoms with van der Waals surface area (Å²) in [6, 6.07) is 9.15. The van der Waals surface area contributed by atoms with Crippen molar-refractivity contribution < 1.29 is 14.4 Å². The monoisotopic (exact) mass is 430 g/mol. The van der Waals surface area contributed by atoms with Crippen LogP contribution < -0.4 is 11.1 Å². The topological polar surface area (TPSA) is 105 Å². The van der Waals surface area contributed by atoms with Gasteiger partial charge in [0.25, 0.3) is 5.91 Å². The van der Waals surface area contributed by atoms with Crippen molar-refractivity contribution in [1.82, 2.24) is 15.2 Å². The Morgan fingerprint density at radius 3 is 2.69 bits per heavy atom. The molecule has 1 aliphatic heterocycles. The van der Waals surface area contributed by atoms with Gasteiger partial charge in [0.15, 0.2) is 0 Å². The van der Waals surface area contributed by atoms with Gasteiger partial charge in [0, 0.05) is 43.0 Å². The number of carbonyl (C=O) groups is 3. The van der Waals surface area contributed by atoms with Crippen LogP contribution in [0.25, 0.3) is 0 Å². The second-order valence-corrected chi connectivity index (χ2v) is 8.40. The highest BCUT2D eigenvalue weighted by Gasteiger charge is 2.32. The van der Waals surface area contributed by atoms with E-state index in [0.29, 0.717) is 29.8 Å². The number of carbonyl (C=O) groups excluding carboxylic acids is 3. The van der Waals surface area contributed by atoms with E-state index in [0.717, 1.165) is 37.7 Å². The Labute approximate surface area is 187 Å². The molecule has 0 radical (unpaired) electrons. The number of hydrogen-bond donors (Lipinski definition) is 2. The van der Waals surface area contributed by atoms with E-state index < -0.39 is 11.4 Å². The highest BCUT2D eigenvalue weighted by atomic mass is 16.2. The molecule has 7 heteroatoms. The number of amides is 3. The third kappa shape index (κ3) is 4.80. The molecule has 1 saturated carbocycles. The molecule has 2 aliphatic rings. The Bertz CT molecular complexity index is 1110. The Balaban J connectivity index is 1.42. The summed E-state index contributed by atoms with van der Waals surface area (Å²) in [4.78, 5) is 42.5. The number of benzene rings is 1. The maximum atomic E-state index is 12.8. The Kier molecular flexibility index (Phi) is 6.22. The molecule has 164 valence electrons. The van der Waals surface area contributed by atoms with Crippen LogP contribution in [-0.2, 0) is 11.3 Å². The summed E-state index contributed by atoms with van der Waals surface area (Å²) in [6.07, 6.45) is 7.81. The van der Waals surface area contributed by atoms with Gasteiger partial charge in [-0.2, -0.15) is 0 Å². The van der Waals surface area contributed by atoms with Gasteiger partial charge in [-0.3, -0.25) is 19.4 Å². The molecule has 32 heavy (non-hydrogen) atoms. The first kappa shape index (κ1) is 21.6. The zero-order valence-corrected chi connectivity index (χ0v) is 17.9. The van der Waals surface area contributed by atoms with Gasteiger partial charge in [0.2, 0.25) is 11.8 Å². The Morgan fingerprint density at radius 1 is 1.16 bits per heavy atom. The molecule has 1 fully saturated rings. The fourth-order valence-corrected chi connectivity index (χ4v) is 4.33. The predicted octanol–water partition coefficient (Wildman–Crippen LogP) is 2.40. The van der Waals surface area contributed by atoms with Gasteiger partial charge < -0.3 is 16.0 Å². The zero-order chi connectivity index (χ0) is 22.6. The number of nitrogens with two attached hydrogens (primary N) is 1. The van der Waals surface area contributed by atoms with Crippen molar-refractivity contribution in [2.24, 2.45) is 5.73 Å². The zero-order valence-electron chi connectivity index (χ0n) is 17.9. The molecule has 0 saturated heterocycles. The Hall–Kier alpha value is -3.66. The maximum Gasteiger partial charge on any atom is 0.254 e. The summed E-state index contributed by atoms with van der Waals surface area (Å²) >= 11 is 0. The molecule has 4 rings (SSSR count). The van der Waals surface area contributed by atoms with E-state index in [1.165, 1.54) is 6.20 Å². The standard InChI is InChI=1S/C25H26N4O3/c26-23(31)20-14-18(15-27-16-20)8-12-25(10-4-1-5-11-25)28-22(30)9-13-29-17-19-6-2-3-7-21(19)24(29)32/h2-3,6-7,14-16H,1,4-5,9-11,13,17H2,(H2,26,31)(H,28,30). The maximum absolute atomic E-state index is 12.8.